The van der Waals surface area contributed by atoms with Gasteiger partial charge in [-0.05, 0) is 77.6 Å². The van der Waals surface area contributed by atoms with Crippen molar-refractivity contribution in [3.63, 3.8) is 0 Å². The zero-order valence-electron chi connectivity index (χ0n) is 14.8. The van der Waals surface area contributed by atoms with Crippen LogP contribution in [0.25, 0.3) is 32.7 Å². The topological polar surface area (TPSA) is 0 Å². The molecular weight excluding hydrogens is 288 g/mol. The molecular formula is C24H22. The van der Waals surface area contributed by atoms with Crippen molar-refractivity contribution in [3.05, 3.63) is 82.9 Å². The molecule has 0 amide bonds. The first kappa shape index (κ1) is 15.0. The molecule has 0 aliphatic heterocycles. The van der Waals surface area contributed by atoms with Crippen molar-refractivity contribution in [1.82, 2.24) is 0 Å². The van der Waals surface area contributed by atoms with E-state index in [0.717, 1.165) is 0 Å². The minimum Gasteiger partial charge on any atom is -0.0616 e. The van der Waals surface area contributed by atoms with E-state index in [2.05, 4.69) is 88.4 Å². The molecule has 0 aliphatic rings. The van der Waals surface area contributed by atoms with Crippen molar-refractivity contribution in [2.24, 2.45) is 0 Å². The van der Waals surface area contributed by atoms with Gasteiger partial charge in [-0.1, -0.05) is 65.7 Å². The average molecular weight is 310 g/mol. The van der Waals surface area contributed by atoms with E-state index in [-0.39, 0.29) is 0 Å². The summed E-state index contributed by atoms with van der Waals surface area (Å²) < 4.78 is 0. The fourth-order valence-electron chi connectivity index (χ4n) is 4.02. The standard InChI is InChI=1S/C24H22/c1-15-9-10-20-14-19-7-5-6-8-21(19)24(22(20)13-15)23-17(3)11-16(2)12-18(23)4/h5-14H,1-4H3. The molecule has 4 aromatic rings. The van der Waals surface area contributed by atoms with E-state index in [1.54, 1.807) is 0 Å². The van der Waals surface area contributed by atoms with E-state index in [0.29, 0.717) is 0 Å². The lowest BCUT2D eigenvalue weighted by atomic mass is 9.86. The molecule has 0 spiro atoms. The minimum absolute atomic E-state index is 1.31. The molecule has 0 N–H and O–H groups in total. The van der Waals surface area contributed by atoms with Crippen molar-refractivity contribution < 1.29 is 0 Å². The molecule has 24 heavy (non-hydrogen) atoms. The molecule has 0 saturated carbocycles. The van der Waals surface area contributed by atoms with Crippen LogP contribution < -0.4 is 0 Å². The molecule has 0 atom stereocenters. The van der Waals surface area contributed by atoms with Crippen molar-refractivity contribution in [1.29, 1.82) is 0 Å². The van der Waals surface area contributed by atoms with Crippen LogP contribution in [0.15, 0.2) is 60.7 Å². The van der Waals surface area contributed by atoms with Crippen LogP contribution >= 0.6 is 0 Å². The molecule has 0 heteroatoms. The first-order chi connectivity index (χ1) is 11.5. The number of fused-ring (bicyclic) bond motifs is 2. The van der Waals surface area contributed by atoms with Gasteiger partial charge in [-0.25, -0.2) is 0 Å². The van der Waals surface area contributed by atoms with Crippen molar-refractivity contribution >= 4 is 21.5 Å². The Labute approximate surface area is 143 Å². The maximum Gasteiger partial charge on any atom is -0.00214 e. The second kappa shape index (κ2) is 5.49. The SMILES string of the molecule is Cc1cc(C)c(-c2c3ccccc3cc3ccc(C)cc23)c(C)c1. The summed E-state index contributed by atoms with van der Waals surface area (Å²) in [5.41, 5.74) is 8.10. The molecule has 0 nitrogen and oxygen atoms in total. The van der Waals surface area contributed by atoms with E-state index < -0.39 is 0 Å². The summed E-state index contributed by atoms with van der Waals surface area (Å²) in [5, 5.41) is 5.31. The highest BCUT2D eigenvalue weighted by Crippen LogP contribution is 2.40. The lowest BCUT2D eigenvalue weighted by Gasteiger charge is -2.17. The van der Waals surface area contributed by atoms with Gasteiger partial charge in [0.2, 0.25) is 0 Å². The zero-order valence-corrected chi connectivity index (χ0v) is 14.8. The number of aryl methyl sites for hydroxylation is 4. The molecule has 0 bridgehead atoms. The molecule has 0 fully saturated rings. The van der Waals surface area contributed by atoms with Gasteiger partial charge in [0.15, 0.2) is 0 Å². The molecule has 0 radical (unpaired) electrons. The van der Waals surface area contributed by atoms with Crippen LogP contribution in [-0.2, 0) is 0 Å². The highest BCUT2D eigenvalue weighted by Gasteiger charge is 2.14. The minimum atomic E-state index is 1.31. The third-order valence-electron chi connectivity index (χ3n) is 4.95. The lowest BCUT2D eigenvalue weighted by molar-refractivity contribution is 1.33. The Hall–Kier alpha value is -2.60. The number of rotatable bonds is 1. The first-order valence-corrected chi connectivity index (χ1v) is 8.55. The zero-order chi connectivity index (χ0) is 16.8. The fourth-order valence-corrected chi connectivity index (χ4v) is 4.02. The normalized spacial score (nSPS) is 11.3. The molecule has 4 aromatic carbocycles. The molecule has 118 valence electrons. The second-order valence-corrected chi connectivity index (χ2v) is 6.97. The van der Waals surface area contributed by atoms with Crippen molar-refractivity contribution in [2.75, 3.05) is 0 Å². The van der Waals surface area contributed by atoms with Crippen LogP contribution in [0.4, 0.5) is 0 Å². The molecule has 0 saturated heterocycles. The highest BCUT2D eigenvalue weighted by molar-refractivity contribution is 6.13. The van der Waals surface area contributed by atoms with Gasteiger partial charge in [0.1, 0.15) is 0 Å². The Morgan fingerprint density at radius 2 is 1.17 bits per heavy atom. The highest BCUT2D eigenvalue weighted by atomic mass is 14.2. The predicted molar refractivity (Wildman–Crippen MR) is 106 cm³/mol. The van der Waals surface area contributed by atoms with Crippen LogP contribution in [0.2, 0.25) is 0 Å². The summed E-state index contributed by atoms with van der Waals surface area (Å²) in [7, 11) is 0. The Balaban J connectivity index is 2.26. The molecule has 0 aromatic heterocycles. The summed E-state index contributed by atoms with van der Waals surface area (Å²) >= 11 is 0. The third kappa shape index (κ3) is 2.30. The van der Waals surface area contributed by atoms with Gasteiger partial charge in [0, 0.05) is 0 Å². The third-order valence-corrected chi connectivity index (χ3v) is 4.95. The van der Waals surface area contributed by atoms with Crippen LogP contribution in [0.3, 0.4) is 0 Å². The van der Waals surface area contributed by atoms with Gasteiger partial charge in [-0.3, -0.25) is 0 Å². The van der Waals surface area contributed by atoms with Crippen LogP contribution in [0.5, 0.6) is 0 Å². The second-order valence-electron chi connectivity index (χ2n) is 6.97. The monoisotopic (exact) mass is 310 g/mol. The Bertz CT molecular complexity index is 1060. The van der Waals surface area contributed by atoms with Gasteiger partial charge in [0.05, 0.1) is 0 Å². The number of hydrogen-bond donors (Lipinski definition) is 0. The summed E-state index contributed by atoms with van der Waals surface area (Å²) in [6.45, 7) is 8.82. The summed E-state index contributed by atoms with van der Waals surface area (Å²) in [6, 6.07) is 22.4. The van der Waals surface area contributed by atoms with Gasteiger partial charge in [-0.15, -0.1) is 0 Å². The van der Waals surface area contributed by atoms with E-state index in [9.17, 15) is 0 Å². The number of benzene rings is 4. The lowest BCUT2D eigenvalue weighted by Crippen LogP contribution is -1.93. The summed E-state index contributed by atoms with van der Waals surface area (Å²) in [6.07, 6.45) is 0. The Kier molecular flexibility index (Phi) is 3.42. The molecule has 0 unspecified atom stereocenters. The maximum atomic E-state index is 2.33. The van der Waals surface area contributed by atoms with E-state index in [4.69, 9.17) is 0 Å². The van der Waals surface area contributed by atoms with Crippen LogP contribution in [0, 0.1) is 27.7 Å². The fraction of sp³-hybridized carbons (Fsp3) is 0.167. The average Bonchev–Trinajstić information content (AvgIpc) is 2.53. The Morgan fingerprint density at radius 3 is 1.92 bits per heavy atom. The number of hydrogen-bond acceptors (Lipinski definition) is 0. The molecule has 4 rings (SSSR count). The first-order valence-electron chi connectivity index (χ1n) is 8.55. The van der Waals surface area contributed by atoms with Gasteiger partial charge in [-0.2, -0.15) is 0 Å². The predicted octanol–water partition coefficient (Wildman–Crippen LogP) is 6.89. The van der Waals surface area contributed by atoms with E-state index in [1.807, 2.05) is 0 Å². The van der Waals surface area contributed by atoms with Gasteiger partial charge in [0.25, 0.3) is 0 Å². The molecule has 0 aliphatic carbocycles. The van der Waals surface area contributed by atoms with Gasteiger partial charge < -0.3 is 0 Å². The van der Waals surface area contributed by atoms with Crippen LogP contribution in [-0.4, -0.2) is 0 Å². The maximum absolute atomic E-state index is 2.33. The Morgan fingerprint density at radius 1 is 0.500 bits per heavy atom. The molecule has 0 heterocycles. The summed E-state index contributed by atoms with van der Waals surface area (Å²) in [5.74, 6) is 0. The van der Waals surface area contributed by atoms with Gasteiger partial charge >= 0.3 is 0 Å². The smallest absolute Gasteiger partial charge is 0.00214 e. The van der Waals surface area contributed by atoms with Crippen molar-refractivity contribution in [2.45, 2.75) is 27.7 Å². The summed E-state index contributed by atoms with van der Waals surface area (Å²) in [4.78, 5) is 0. The largest absolute Gasteiger partial charge is 0.0616 e. The van der Waals surface area contributed by atoms with Crippen molar-refractivity contribution in [3.8, 4) is 11.1 Å². The quantitative estimate of drug-likeness (QED) is 0.336. The van der Waals surface area contributed by atoms with E-state index in [1.165, 1.54) is 54.9 Å². The van der Waals surface area contributed by atoms with E-state index >= 15 is 0 Å². The van der Waals surface area contributed by atoms with Crippen LogP contribution in [0.1, 0.15) is 22.3 Å².